The average Bonchev–Trinajstić information content (AvgIpc) is 2.42. The van der Waals surface area contributed by atoms with E-state index in [1.54, 1.807) is 6.20 Å². The molecule has 0 spiro atoms. The Balaban J connectivity index is 2.00. The Labute approximate surface area is 117 Å². The van der Waals surface area contributed by atoms with E-state index in [1.807, 2.05) is 24.3 Å². The molecule has 0 saturated heterocycles. The molecule has 2 aromatic rings. The van der Waals surface area contributed by atoms with Gasteiger partial charge in [0.2, 0.25) is 5.91 Å². The van der Waals surface area contributed by atoms with Crippen LogP contribution in [0.5, 0.6) is 0 Å². The maximum absolute atomic E-state index is 11.7. The van der Waals surface area contributed by atoms with E-state index < -0.39 is 0 Å². The van der Waals surface area contributed by atoms with E-state index in [4.69, 9.17) is 0 Å². The third kappa shape index (κ3) is 3.92. The summed E-state index contributed by atoms with van der Waals surface area (Å²) in [5.41, 5.74) is 0. The van der Waals surface area contributed by atoms with Gasteiger partial charge in [-0.2, -0.15) is 5.10 Å². The summed E-state index contributed by atoms with van der Waals surface area (Å²) in [6, 6.07) is 7.92. The third-order valence-corrected chi connectivity index (χ3v) is 3.57. The molecule has 0 atom stereocenters. The molecule has 1 amide bonds. The highest BCUT2D eigenvalue weighted by Crippen LogP contribution is 2.24. The number of hydrogen-bond acceptors (Lipinski definition) is 4. The summed E-state index contributed by atoms with van der Waals surface area (Å²) < 4.78 is 0. The number of nitrogens with zero attached hydrogens (tertiary/aromatic N) is 2. The Kier molecular flexibility index (Phi) is 4.74. The molecule has 0 unspecified atom stereocenters. The van der Waals surface area contributed by atoms with Crippen LogP contribution < -0.4 is 5.32 Å². The summed E-state index contributed by atoms with van der Waals surface area (Å²) in [5.74, 6) is 0.870. The van der Waals surface area contributed by atoms with Gasteiger partial charge in [0.1, 0.15) is 5.03 Å². The molecule has 0 bridgehead atoms. The topological polar surface area (TPSA) is 54.9 Å². The van der Waals surface area contributed by atoms with Crippen LogP contribution in [0.25, 0.3) is 10.8 Å². The average molecular weight is 275 g/mol. The maximum Gasteiger partial charge on any atom is 0.230 e. The molecule has 1 aromatic heterocycles. The molecule has 5 heteroatoms. The number of thioether (sulfide) groups is 1. The summed E-state index contributed by atoms with van der Waals surface area (Å²) >= 11 is 1.42. The second-order valence-electron chi connectivity index (χ2n) is 4.72. The molecule has 0 radical (unpaired) electrons. The van der Waals surface area contributed by atoms with Crippen LogP contribution in [0.2, 0.25) is 0 Å². The van der Waals surface area contributed by atoms with Crippen LogP contribution in [0.3, 0.4) is 0 Å². The van der Waals surface area contributed by atoms with Crippen molar-refractivity contribution in [3.8, 4) is 0 Å². The minimum absolute atomic E-state index is 0.0356. The smallest absolute Gasteiger partial charge is 0.230 e. The van der Waals surface area contributed by atoms with Gasteiger partial charge in [0.05, 0.1) is 11.9 Å². The lowest BCUT2D eigenvalue weighted by Gasteiger charge is -2.07. The predicted molar refractivity (Wildman–Crippen MR) is 78.1 cm³/mol. The zero-order valence-electron chi connectivity index (χ0n) is 11.1. The fourth-order valence-corrected chi connectivity index (χ4v) is 2.43. The quantitative estimate of drug-likeness (QED) is 0.852. The molecule has 1 aromatic carbocycles. The SMILES string of the molecule is CC(C)CNC(=O)CSc1nncc2ccccc12. The van der Waals surface area contributed by atoms with E-state index in [0.717, 1.165) is 15.8 Å². The van der Waals surface area contributed by atoms with Gasteiger partial charge in [0.25, 0.3) is 0 Å². The van der Waals surface area contributed by atoms with E-state index >= 15 is 0 Å². The van der Waals surface area contributed by atoms with Crippen LogP contribution in [0, 0.1) is 5.92 Å². The summed E-state index contributed by atoms with van der Waals surface area (Å²) in [4.78, 5) is 11.7. The van der Waals surface area contributed by atoms with Crippen molar-refractivity contribution in [2.75, 3.05) is 12.3 Å². The van der Waals surface area contributed by atoms with Crippen LogP contribution in [0.15, 0.2) is 35.5 Å². The van der Waals surface area contributed by atoms with Crippen molar-refractivity contribution >= 4 is 28.4 Å². The fraction of sp³-hybridized carbons (Fsp3) is 0.357. The van der Waals surface area contributed by atoms with Crippen LogP contribution in [-0.4, -0.2) is 28.4 Å². The lowest BCUT2D eigenvalue weighted by molar-refractivity contribution is -0.118. The molecule has 0 aliphatic heterocycles. The number of benzene rings is 1. The Bertz CT molecular complexity index is 566. The van der Waals surface area contributed by atoms with Crippen molar-refractivity contribution in [2.24, 2.45) is 5.92 Å². The van der Waals surface area contributed by atoms with E-state index in [0.29, 0.717) is 18.2 Å². The van der Waals surface area contributed by atoms with Gasteiger partial charge in [-0.25, -0.2) is 0 Å². The molecular formula is C14H17N3OS. The summed E-state index contributed by atoms with van der Waals surface area (Å²) in [7, 11) is 0. The summed E-state index contributed by atoms with van der Waals surface area (Å²) in [6.07, 6.45) is 1.73. The van der Waals surface area contributed by atoms with E-state index in [-0.39, 0.29) is 5.91 Å². The van der Waals surface area contributed by atoms with E-state index in [2.05, 4.69) is 29.4 Å². The van der Waals surface area contributed by atoms with Gasteiger partial charge in [-0.15, -0.1) is 5.10 Å². The van der Waals surface area contributed by atoms with Gasteiger partial charge in [0, 0.05) is 17.3 Å². The van der Waals surface area contributed by atoms with Gasteiger partial charge >= 0.3 is 0 Å². The van der Waals surface area contributed by atoms with Crippen molar-refractivity contribution in [3.05, 3.63) is 30.5 Å². The number of aromatic nitrogens is 2. The second-order valence-corrected chi connectivity index (χ2v) is 5.69. The monoisotopic (exact) mass is 275 g/mol. The molecule has 2 rings (SSSR count). The van der Waals surface area contributed by atoms with E-state index in [1.165, 1.54) is 11.8 Å². The molecule has 1 N–H and O–H groups in total. The minimum Gasteiger partial charge on any atom is -0.355 e. The highest BCUT2D eigenvalue weighted by Gasteiger charge is 2.07. The van der Waals surface area contributed by atoms with Crippen LogP contribution in [0.4, 0.5) is 0 Å². The Morgan fingerprint density at radius 2 is 2.16 bits per heavy atom. The molecule has 1 heterocycles. The first-order chi connectivity index (χ1) is 9.16. The van der Waals surface area contributed by atoms with E-state index in [9.17, 15) is 4.79 Å². The number of rotatable bonds is 5. The number of fused-ring (bicyclic) bond motifs is 1. The first kappa shape index (κ1) is 13.8. The molecule has 19 heavy (non-hydrogen) atoms. The standard InChI is InChI=1S/C14H17N3OS/c1-10(2)7-15-13(18)9-19-14-12-6-4-3-5-11(12)8-16-17-14/h3-6,8,10H,7,9H2,1-2H3,(H,15,18). The van der Waals surface area contributed by atoms with Crippen LogP contribution in [-0.2, 0) is 4.79 Å². The summed E-state index contributed by atoms with van der Waals surface area (Å²) in [6.45, 7) is 4.85. The molecule has 0 saturated carbocycles. The zero-order chi connectivity index (χ0) is 13.7. The number of carbonyl (C=O) groups is 1. The van der Waals surface area contributed by atoms with Crippen molar-refractivity contribution < 1.29 is 4.79 Å². The molecule has 0 aliphatic carbocycles. The van der Waals surface area contributed by atoms with Crippen LogP contribution in [0.1, 0.15) is 13.8 Å². The number of amides is 1. The highest BCUT2D eigenvalue weighted by atomic mass is 32.2. The van der Waals surface area contributed by atoms with Crippen molar-refractivity contribution in [2.45, 2.75) is 18.9 Å². The highest BCUT2D eigenvalue weighted by molar-refractivity contribution is 8.00. The molecule has 4 nitrogen and oxygen atoms in total. The molecule has 0 aliphatic rings. The molecular weight excluding hydrogens is 258 g/mol. The number of carbonyl (C=O) groups excluding carboxylic acids is 1. The van der Waals surface area contributed by atoms with Gasteiger partial charge < -0.3 is 5.32 Å². The number of hydrogen-bond donors (Lipinski definition) is 1. The van der Waals surface area contributed by atoms with Gasteiger partial charge in [0.15, 0.2) is 0 Å². The second kappa shape index (κ2) is 6.52. The van der Waals surface area contributed by atoms with Crippen molar-refractivity contribution in [1.82, 2.24) is 15.5 Å². The first-order valence-electron chi connectivity index (χ1n) is 6.26. The van der Waals surface area contributed by atoms with Crippen LogP contribution >= 0.6 is 11.8 Å². The fourth-order valence-electron chi connectivity index (χ4n) is 1.61. The van der Waals surface area contributed by atoms with Crippen molar-refractivity contribution in [3.63, 3.8) is 0 Å². The van der Waals surface area contributed by atoms with Crippen molar-refractivity contribution in [1.29, 1.82) is 0 Å². The molecule has 0 fully saturated rings. The number of nitrogens with one attached hydrogen (secondary N) is 1. The maximum atomic E-state index is 11.7. The largest absolute Gasteiger partial charge is 0.355 e. The Morgan fingerprint density at radius 1 is 1.37 bits per heavy atom. The third-order valence-electron chi connectivity index (χ3n) is 2.58. The summed E-state index contributed by atoms with van der Waals surface area (Å²) in [5, 5.41) is 13.9. The molecule has 100 valence electrons. The van der Waals surface area contributed by atoms with Gasteiger partial charge in [-0.3, -0.25) is 4.79 Å². The predicted octanol–water partition coefficient (Wildman–Crippen LogP) is 2.49. The van der Waals surface area contributed by atoms with Gasteiger partial charge in [-0.05, 0) is 5.92 Å². The lowest BCUT2D eigenvalue weighted by atomic mass is 10.2. The lowest BCUT2D eigenvalue weighted by Crippen LogP contribution is -2.28. The van der Waals surface area contributed by atoms with Gasteiger partial charge in [-0.1, -0.05) is 49.9 Å². The first-order valence-corrected chi connectivity index (χ1v) is 7.25. The minimum atomic E-state index is 0.0356. The normalized spacial score (nSPS) is 10.9. The Hall–Kier alpha value is -1.62. The Morgan fingerprint density at radius 3 is 2.95 bits per heavy atom. The zero-order valence-corrected chi connectivity index (χ0v) is 11.9.